The van der Waals surface area contributed by atoms with Gasteiger partial charge in [0.25, 0.3) is 0 Å². The van der Waals surface area contributed by atoms with E-state index in [-0.39, 0.29) is 0 Å². The minimum atomic E-state index is 0.819. The Morgan fingerprint density at radius 3 is 2.43 bits per heavy atom. The van der Waals surface area contributed by atoms with Crippen molar-refractivity contribution in [3.63, 3.8) is 0 Å². The van der Waals surface area contributed by atoms with Gasteiger partial charge in [-0.3, -0.25) is 0 Å². The number of hydrogen-bond donors (Lipinski definition) is 1. The number of nitrogens with one attached hydrogen (secondary N) is 1. The first-order valence-corrected chi connectivity index (χ1v) is 7.16. The molecule has 14 heavy (non-hydrogen) atoms. The lowest BCUT2D eigenvalue weighted by Crippen LogP contribution is -2.26. The summed E-state index contributed by atoms with van der Waals surface area (Å²) < 4.78 is 0. The van der Waals surface area contributed by atoms with Crippen LogP contribution in [-0.2, 0) is 0 Å². The van der Waals surface area contributed by atoms with Crippen molar-refractivity contribution in [1.29, 1.82) is 0 Å². The van der Waals surface area contributed by atoms with E-state index in [1.807, 2.05) is 0 Å². The van der Waals surface area contributed by atoms with Gasteiger partial charge in [0.1, 0.15) is 0 Å². The van der Waals surface area contributed by atoms with Gasteiger partial charge in [-0.25, -0.2) is 0 Å². The van der Waals surface area contributed by atoms with Gasteiger partial charge in [-0.1, -0.05) is 27.7 Å². The van der Waals surface area contributed by atoms with Crippen LogP contribution in [0.4, 0.5) is 0 Å². The monoisotopic (exact) mass is 217 g/mol. The maximum absolute atomic E-state index is 3.50. The van der Waals surface area contributed by atoms with E-state index in [0.717, 1.165) is 11.8 Å². The molecule has 1 nitrogen and oxygen atoms in total. The van der Waals surface area contributed by atoms with E-state index >= 15 is 0 Å². The summed E-state index contributed by atoms with van der Waals surface area (Å²) in [6.07, 6.45) is 2.61. The summed E-state index contributed by atoms with van der Waals surface area (Å²) in [5, 5.41) is 3.50. The van der Waals surface area contributed by atoms with E-state index in [2.05, 4.69) is 44.8 Å². The average Bonchev–Trinajstić information content (AvgIpc) is 2.18. The van der Waals surface area contributed by atoms with Gasteiger partial charge in [0.15, 0.2) is 0 Å². The minimum absolute atomic E-state index is 0.819. The molecule has 0 aromatic heterocycles. The fourth-order valence-corrected chi connectivity index (χ4v) is 2.23. The van der Waals surface area contributed by atoms with Crippen LogP contribution in [0.1, 0.15) is 40.5 Å². The summed E-state index contributed by atoms with van der Waals surface area (Å²) in [4.78, 5) is 0. The zero-order chi connectivity index (χ0) is 10.8. The maximum atomic E-state index is 3.50. The van der Waals surface area contributed by atoms with Crippen molar-refractivity contribution < 1.29 is 0 Å². The van der Waals surface area contributed by atoms with Gasteiger partial charge in [-0.15, -0.1) is 0 Å². The third-order valence-corrected chi connectivity index (χ3v) is 3.72. The Labute approximate surface area is 94.4 Å². The molecule has 0 bridgehead atoms. The molecule has 2 atom stereocenters. The lowest BCUT2D eigenvalue weighted by molar-refractivity contribution is 0.360. The predicted octanol–water partition coefficient (Wildman–Crippen LogP) is 3.40. The standard InChI is InChI=1S/C12H27NS/c1-5-8-13-10-12(4)11(3)7-9-14-6-2/h11-13H,5-10H2,1-4H3. The summed E-state index contributed by atoms with van der Waals surface area (Å²) in [5.74, 6) is 4.27. The SMILES string of the molecule is CCCNCC(C)C(C)CCSCC. The quantitative estimate of drug-likeness (QED) is 0.594. The van der Waals surface area contributed by atoms with Crippen LogP contribution >= 0.6 is 11.8 Å². The molecular weight excluding hydrogens is 190 g/mol. The highest BCUT2D eigenvalue weighted by molar-refractivity contribution is 7.99. The molecule has 0 aliphatic rings. The fourth-order valence-electron chi connectivity index (χ4n) is 1.41. The van der Waals surface area contributed by atoms with Gasteiger partial charge in [0, 0.05) is 0 Å². The highest BCUT2D eigenvalue weighted by Gasteiger charge is 2.10. The summed E-state index contributed by atoms with van der Waals surface area (Å²) in [6, 6.07) is 0. The fraction of sp³-hybridized carbons (Fsp3) is 1.00. The van der Waals surface area contributed by atoms with Crippen LogP contribution in [0.2, 0.25) is 0 Å². The third kappa shape index (κ3) is 7.69. The van der Waals surface area contributed by atoms with E-state index < -0.39 is 0 Å². The lowest BCUT2D eigenvalue weighted by Gasteiger charge is -2.20. The van der Waals surface area contributed by atoms with Gasteiger partial charge >= 0.3 is 0 Å². The van der Waals surface area contributed by atoms with Crippen molar-refractivity contribution in [2.45, 2.75) is 40.5 Å². The first-order chi connectivity index (χ1) is 6.72. The number of hydrogen-bond acceptors (Lipinski definition) is 2. The van der Waals surface area contributed by atoms with Crippen LogP contribution in [0.15, 0.2) is 0 Å². The summed E-state index contributed by atoms with van der Waals surface area (Å²) in [5.41, 5.74) is 0. The van der Waals surface area contributed by atoms with Crippen molar-refractivity contribution >= 4 is 11.8 Å². The molecule has 0 saturated carbocycles. The van der Waals surface area contributed by atoms with E-state index in [1.54, 1.807) is 0 Å². The molecule has 0 radical (unpaired) electrons. The van der Waals surface area contributed by atoms with Gasteiger partial charge in [-0.05, 0) is 49.3 Å². The molecule has 1 N–H and O–H groups in total. The smallest absolute Gasteiger partial charge is 0.00206 e. The molecule has 0 fully saturated rings. The van der Waals surface area contributed by atoms with Crippen molar-refractivity contribution in [3.05, 3.63) is 0 Å². The molecule has 0 spiro atoms. The second kappa shape index (κ2) is 9.85. The van der Waals surface area contributed by atoms with Gasteiger partial charge < -0.3 is 5.32 Å². The molecule has 0 aromatic carbocycles. The first kappa shape index (κ1) is 14.3. The predicted molar refractivity (Wildman–Crippen MR) is 69.1 cm³/mol. The van der Waals surface area contributed by atoms with Crippen LogP contribution in [0.3, 0.4) is 0 Å². The molecular formula is C12H27NS. The zero-order valence-electron chi connectivity index (χ0n) is 10.3. The van der Waals surface area contributed by atoms with Crippen molar-refractivity contribution in [2.75, 3.05) is 24.6 Å². The van der Waals surface area contributed by atoms with E-state index in [9.17, 15) is 0 Å². The Morgan fingerprint density at radius 2 is 1.86 bits per heavy atom. The molecule has 2 heteroatoms. The molecule has 0 saturated heterocycles. The summed E-state index contributed by atoms with van der Waals surface area (Å²) in [6.45, 7) is 11.6. The summed E-state index contributed by atoms with van der Waals surface area (Å²) in [7, 11) is 0. The van der Waals surface area contributed by atoms with Gasteiger partial charge in [0.2, 0.25) is 0 Å². The average molecular weight is 217 g/mol. The highest BCUT2D eigenvalue weighted by atomic mass is 32.2. The first-order valence-electron chi connectivity index (χ1n) is 6.00. The van der Waals surface area contributed by atoms with Gasteiger partial charge in [0.05, 0.1) is 0 Å². The Morgan fingerprint density at radius 1 is 1.14 bits per heavy atom. The normalized spacial score (nSPS) is 15.4. The molecule has 0 aromatic rings. The topological polar surface area (TPSA) is 12.0 Å². The van der Waals surface area contributed by atoms with Crippen LogP contribution in [0.25, 0.3) is 0 Å². The Kier molecular flexibility index (Phi) is 10.1. The third-order valence-electron chi connectivity index (χ3n) is 2.79. The number of rotatable bonds is 9. The molecule has 0 heterocycles. The van der Waals surface area contributed by atoms with Crippen molar-refractivity contribution in [3.8, 4) is 0 Å². The second-order valence-corrected chi connectivity index (χ2v) is 5.54. The highest BCUT2D eigenvalue weighted by Crippen LogP contribution is 2.17. The molecule has 0 aliphatic carbocycles. The molecule has 2 unspecified atom stereocenters. The van der Waals surface area contributed by atoms with Crippen LogP contribution in [-0.4, -0.2) is 24.6 Å². The Bertz CT molecular complexity index is 103. The van der Waals surface area contributed by atoms with Crippen LogP contribution in [0.5, 0.6) is 0 Å². The molecule has 0 rings (SSSR count). The van der Waals surface area contributed by atoms with E-state index in [0.29, 0.717) is 0 Å². The lowest BCUT2D eigenvalue weighted by atomic mass is 9.93. The van der Waals surface area contributed by atoms with E-state index in [1.165, 1.54) is 37.4 Å². The Hall–Kier alpha value is 0.310. The van der Waals surface area contributed by atoms with Crippen molar-refractivity contribution in [2.24, 2.45) is 11.8 Å². The summed E-state index contributed by atoms with van der Waals surface area (Å²) >= 11 is 2.06. The number of thioether (sulfide) groups is 1. The maximum Gasteiger partial charge on any atom is -0.00206 e. The molecule has 0 aliphatic heterocycles. The van der Waals surface area contributed by atoms with E-state index in [4.69, 9.17) is 0 Å². The molecule has 0 amide bonds. The van der Waals surface area contributed by atoms with Crippen LogP contribution in [0, 0.1) is 11.8 Å². The van der Waals surface area contributed by atoms with Crippen molar-refractivity contribution in [1.82, 2.24) is 5.32 Å². The zero-order valence-corrected chi connectivity index (χ0v) is 11.1. The Balaban J connectivity index is 3.39. The van der Waals surface area contributed by atoms with Crippen LogP contribution < -0.4 is 5.32 Å². The molecule has 86 valence electrons. The second-order valence-electron chi connectivity index (χ2n) is 4.14. The minimum Gasteiger partial charge on any atom is -0.316 e. The largest absolute Gasteiger partial charge is 0.316 e. The van der Waals surface area contributed by atoms with Gasteiger partial charge in [-0.2, -0.15) is 11.8 Å².